The minimum Gasteiger partial charge on any atom is -0.466 e. The fraction of sp³-hybridized carbons (Fsp3) is 0.312. The van der Waals surface area contributed by atoms with Crippen molar-refractivity contribution in [3.63, 3.8) is 0 Å². The molecule has 0 amide bonds. The Bertz CT molecular complexity index is 636. The van der Waals surface area contributed by atoms with E-state index in [2.05, 4.69) is 0 Å². The Hall–Kier alpha value is -1.68. The second kappa shape index (κ2) is 6.66. The van der Waals surface area contributed by atoms with Crippen LogP contribution in [0.4, 0.5) is 0 Å². The monoisotopic (exact) mass is 290 g/mol. The van der Waals surface area contributed by atoms with E-state index in [-0.39, 0.29) is 17.6 Å². The van der Waals surface area contributed by atoms with Gasteiger partial charge in [0, 0.05) is 10.1 Å². The van der Waals surface area contributed by atoms with Gasteiger partial charge in [0.2, 0.25) is 0 Å². The lowest BCUT2D eigenvalue weighted by atomic mass is 10.1. The summed E-state index contributed by atoms with van der Waals surface area (Å²) in [6, 6.07) is 13.7. The molecule has 3 nitrogen and oxygen atoms in total. The molecule has 0 radical (unpaired) electrons. The van der Waals surface area contributed by atoms with E-state index >= 15 is 0 Å². The zero-order valence-electron chi connectivity index (χ0n) is 11.7. The summed E-state index contributed by atoms with van der Waals surface area (Å²) < 4.78 is 17.3. The highest BCUT2D eigenvalue weighted by Gasteiger charge is 2.18. The van der Waals surface area contributed by atoms with Crippen LogP contribution in [0.1, 0.15) is 20.3 Å². The van der Waals surface area contributed by atoms with E-state index in [0.717, 1.165) is 15.7 Å². The van der Waals surface area contributed by atoms with Crippen molar-refractivity contribution in [2.45, 2.75) is 30.4 Å². The molecule has 0 aromatic heterocycles. The van der Waals surface area contributed by atoms with Gasteiger partial charge in [0.25, 0.3) is 0 Å². The number of esters is 1. The minimum atomic E-state index is -1.21. The molecule has 2 atom stereocenters. The third-order valence-corrected chi connectivity index (χ3v) is 4.69. The van der Waals surface area contributed by atoms with Crippen molar-refractivity contribution in [1.29, 1.82) is 0 Å². The summed E-state index contributed by atoms with van der Waals surface area (Å²) in [5.41, 5.74) is 0. The standard InChI is InChI=1S/C16H18O3S/c1-3-19-16(17)10-12(2)20(18)15-9-8-13-6-4-5-7-14(13)11-15/h4-9,11-12H,3,10H2,1-2H3. The number of hydrogen-bond donors (Lipinski definition) is 0. The second-order valence-corrected chi connectivity index (χ2v) is 6.50. The van der Waals surface area contributed by atoms with E-state index < -0.39 is 10.8 Å². The van der Waals surface area contributed by atoms with Gasteiger partial charge in [-0.1, -0.05) is 30.3 Å². The molecule has 106 valence electrons. The van der Waals surface area contributed by atoms with Crippen LogP contribution in [-0.2, 0) is 20.3 Å². The maximum atomic E-state index is 12.4. The van der Waals surface area contributed by atoms with E-state index in [1.165, 1.54) is 0 Å². The zero-order chi connectivity index (χ0) is 14.5. The van der Waals surface area contributed by atoms with Gasteiger partial charge in [-0.15, -0.1) is 0 Å². The van der Waals surface area contributed by atoms with Crippen molar-refractivity contribution in [1.82, 2.24) is 0 Å². The third-order valence-electron chi connectivity index (χ3n) is 3.08. The van der Waals surface area contributed by atoms with E-state index in [1.807, 2.05) is 49.4 Å². The molecule has 0 heterocycles. The van der Waals surface area contributed by atoms with Gasteiger partial charge in [-0.2, -0.15) is 0 Å². The maximum absolute atomic E-state index is 12.4. The summed E-state index contributed by atoms with van der Waals surface area (Å²) in [6.45, 7) is 3.93. The number of carbonyl (C=O) groups excluding carboxylic acids is 1. The first kappa shape index (κ1) is 14.7. The van der Waals surface area contributed by atoms with Crippen LogP contribution in [0.2, 0.25) is 0 Å². The number of benzene rings is 2. The molecule has 0 spiro atoms. The van der Waals surface area contributed by atoms with Crippen LogP contribution in [0, 0.1) is 0 Å². The summed E-state index contributed by atoms with van der Waals surface area (Å²) in [7, 11) is -1.21. The van der Waals surface area contributed by atoms with Crippen LogP contribution in [0.5, 0.6) is 0 Å². The molecule has 2 aromatic carbocycles. The highest BCUT2D eigenvalue weighted by atomic mass is 32.2. The summed E-state index contributed by atoms with van der Waals surface area (Å²) >= 11 is 0. The smallest absolute Gasteiger partial charge is 0.306 e. The van der Waals surface area contributed by atoms with Crippen molar-refractivity contribution >= 4 is 27.5 Å². The highest BCUT2D eigenvalue weighted by molar-refractivity contribution is 7.85. The predicted octanol–water partition coefficient (Wildman–Crippen LogP) is 3.29. The molecule has 0 bridgehead atoms. The number of carbonyl (C=O) groups is 1. The molecule has 0 saturated carbocycles. The third kappa shape index (κ3) is 3.45. The number of hydrogen-bond acceptors (Lipinski definition) is 3. The normalized spacial score (nSPS) is 13.9. The Morgan fingerprint density at radius 1 is 1.20 bits per heavy atom. The van der Waals surface area contributed by atoms with Crippen molar-refractivity contribution in [3.8, 4) is 0 Å². The van der Waals surface area contributed by atoms with Gasteiger partial charge >= 0.3 is 5.97 Å². The average Bonchev–Trinajstić information content (AvgIpc) is 2.46. The highest BCUT2D eigenvalue weighted by Crippen LogP contribution is 2.20. The van der Waals surface area contributed by atoms with E-state index in [1.54, 1.807) is 6.92 Å². The molecule has 2 aromatic rings. The van der Waals surface area contributed by atoms with E-state index in [0.29, 0.717) is 6.61 Å². The Morgan fingerprint density at radius 2 is 1.90 bits per heavy atom. The van der Waals surface area contributed by atoms with Crippen LogP contribution < -0.4 is 0 Å². The fourth-order valence-corrected chi connectivity index (χ4v) is 3.25. The van der Waals surface area contributed by atoms with E-state index in [9.17, 15) is 9.00 Å². The van der Waals surface area contributed by atoms with E-state index in [4.69, 9.17) is 4.74 Å². The van der Waals surface area contributed by atoms with Gasteiger partial charge in [-0.25, -0.2) is 0 Å². The average molecular weight is 290 g/mol. The topological polar surface area (TPSA) is 43.4 Å². The Labute approximate surface area is 121 Å². The lowest BCUT2D eigenvalue weighted by Gasteiger charge is -2.11. The van der Waals surface area contributed by atoms with Crippen LogP contribution >= 0.6 is 0 Å². The number of rotatable bonds is 5. The molecule has 2 rings (SSSR count). The second-order valence-electron chi connectivity index (χ2n) is 4.63. The van der Waals surface area contributed by atoms with Gasteiger partial charge in [0.1, 0.15) is 0 Å². The Balaban J connectivity index is 2.16. The van der Waals surface area contributed by atoms with Gasteiger partial charge in [-0.05, 0) is 36.8 Å². The van der Waals surface area contributed by atoms with Crippen LogP contribution in [-0.4, -0.2) is 22.0 Å². The SMILES string of the molecule is CCOC(=O)CC(C)S(=O)c1ccc2ccccc2c1. The van der Waals surface area contributed by atoms with Crippen molar-refractivity contribution in [2.24, 2.45) is 0 Å². The maximum Gasteiger partial charge on any atom is 0.306 e. The van der Waals surface area contributed by atoms with Gasteiger partial charge in [0.15, 0.2) is 0 Å². The fourth-order valence-electron chi connectivity index (χ4n) is 2.06. The Kier molecular flexibility index (Phi) is 4.90. The lowest BCUT2D eigenvalue weighted by Crippen LogP contribution is -2.18. The Morgan fingerprint density at radius 3 is 2.60 bits per heavy atom. The molecule has 2 unspecified atom stereocenters. The minimum absolute atomic E-state index is 0.174. The molecule has 0 N–H and O–H groups in total. The quantitative estimate of drug-likeness (QED) is 0.794. The molecule has 0 saturated heterocycles. The zero-order valence-corrected chi connectivity index (χ0v) is 12.5. The first-order valence-electron chi connectivity index (χ1n) is 6.67. The van der Waals surface area contributed by atoms with Crippen LogP contribution in [0.15, 0.2) is 47.4 Å². The summed E-state index contributed by atoms with van der Waals surface area (Å²) in [6.07, 6.45) is 0.174. The van der Waals surface area contributed by atoms with Crippen molar-refractivity contribution < 1.29 is 13.7 Å². The molecule has 20 heavy (non-hydrogen) atoms. The van der Waals surface area contributed by atoms with Crippen molar-refractivity contribution in [2.75, 3.05) is 6.61 Å². The molecule has 0 fully saturated rings. The largest absolute Gasteiger partial charge is 0.466 e. The summed E-state index contributed by atoms with van der Waals surface area (Å²) in [5.74, 6) is -0.297. The lowest BCUT2D eigenvalue weighted by molar-refractivity contribution is -0.143. The first-order valence-corrected chi connectivity index (χ1v) is 7.88. The van der Waals surface area contributed by atoms with Crippen LogP contribution in [0.3, 0.4) is 0 Å². The summed E-state index contributed by atoms with van der Waals surface area (Å²) in [5, 5.41) is 1.92. The molecular formula is C16H18O3S. The molecule has 0 aliphatic rings. The van der Waals surface area contributed by atoms with Crippen molar-refractivity contribution in [3.05, 3.63) is 42.5 Å². The van der Waals surface area contributed by atoms with Gasteiger partial charge in [-0.3, -0.25) is 9.00 Å². The number of fused-ring (bicyclic) bond motifs is 1. The first-order chi connectivity index (χ1) is 9.61. The predicted molar refractivity (Wildman–Crippen MR) is 81.1 cm³/mol. The number of ether oxygens (including phenoxy) is 1. The molecule has 0 aliphatic carbocycles. The van der Waals surface area contributed by atoms with Gasteiger partial charge < -0.3 is 4.74 Å². The van der Waals surface area contributed by atoms with Gasteiger partial charge in [0.05, 0.1) is 23.8 Å². The molecule has 4 heteroatoms. The molecule has 0 aliphatic heterocycles. The summed E-state index contributed by atoms with van der Waals surface area (Å²) in [4.78, 5) is 12.2. The molecular weight excluding hydrogens is 272 g/mol. The van der Waals surface area contributed by atoms with Crippen LogP contribution in [0.25, 0.3) is 10.8 Å².